The molecule has 90 valence electrons. The van der Waals surface area contributed by atoms with Crippen molar-refractivity contribution in [2.45, 2.75) is 26.3 Å². The Balaban J connectivity index is 1.50. The van der Waals surface area contributed by atoms with Gasteiger partial charge in [-0.25, -0.2) is 0 Å². The van der Waals surface area contributed by atoms with Crippen LogP contribution in [0.1, 0.15) is 24.0 Å². The Bertz CT molecular complexity index is 425. The third-order valence-corrected chi connectivity index (χ3v) is 4.27. The number of aromatic nitrogens is 1. The fourth-order valence-electron chi connectivity index (χ4n) is 3.22. The predicted octanol–water partition coefficient (Wildman–Crippen LogP) is 2.69. The van der Waals surface area contributed by atoms with Gasteiger partial charge in [0.05, 0.1) is 0 Å². The lowest BCUT2D eigenvalue weighted by Gasteiger charge is -2.18. The minimum absolute atomic E-state index is 0.853. The summed E-state index contributed by atoms with van der Waals surface area (Å²) in [5, 5.41) is 3.61. The van der Waals surface area contributed by atoms with Crippen molar-refractivity contribution in [1.82, 2.24) is 10.3 Å². The fourth-order valence-corrected chi connectivity index (χ4v) is 3.22. The summed E-state index contributed by atoms with van der Waals surface area (Å²) in [7, 11) is 0. The lowest BCUT2D eigenvalue weighted by atomic mass is 9.93. The van der Waals surface area contributed by atoms with Crippen molar-refractivity contribution in [2.24, 2.45) is 17.8 Å². The third-order valence-electron chi connectivity index (χ3n) is 4.27. The van der Waals surface area contributed by atoms with Crippen molar-refractivity contribution in [3.8, 4) is 0 Å². The first kappa shape index (κ1) is 11.0. The Hall–Kier alpha value is -1.15. The van der Waals surface area contributed by atoms with Gasteiger partial charge in [0.2, 0.25) is 0 Å². The van der Waals surface area contributed by atoms with Crippen LogP contribution >= 0.6 is 0 Å². The van der Waals surface area contributed by atoms with E-state index >= 15 is 0 Å². The van der Waals surface area contributed by atoms with Crippen molar-refractivity contribution >= 4 is 0 Å². The van der Waals surface area contributed by atoms with E-state index in [1.54, 1.807) is 0 Å². The summed E-state index contributed by atoms with van der Waals surface area (Å²) in [6.07, 6.45) is 11.5. The molecule has 0 aliphatic heterocycles. The van der Waals surface area contributed by atoms with Gasteiger partial charge < -0.3 is 5.32 Å². The van der Waals surface area contributed by atoms with Crippen LogP contribution in [0.25, 0.3) is 0 Å². The molecule has 1 saturated carbocycles. The van der Waals surface area contributed by atoms with E-state index in [2.05, 4.69) is 35.4 Å². The van der Waals surface area contributed by atoms with Gasteiger partial charge in [-0.3, -0.25) is 4.98 Å². The van der Waals surface area contributed by atoms with E-state index in [4.69, 9.17) is 0 Å². The normalized spacial score (nSPS) is 30.1. The van der Waals surface area contributed by atoms with Crippen LogP contribution in [0, 0.1) is 24.7 Å². The smallest absolute Gasteiger partial charge is 0.0300 e. The van der Waals surface area contributed by atoms with Crippen LogP contribution in [0.15, 0.2) is 30.6 Å². The number of nitrogens with zero attached hydrogens (tertiary/aromatic N) is 1. The van der Waals surface area contributed by atoms with Crippen molar-refractivity contribution < 1.29 is 0 Å². The van der Waals surface area contributed by atoms with E-state index in [1.165, 1.54) is 24.0 Å². The highest BCUT2D eigenvalue weighted by Gasteiger charge is 2.34. The second-order valence-corrected chi connectivity index (χ2v) is 5.47. The first-order valence-corrected chi connectivity index (χ1v) is 6.61. The summed E-state index contributed by atoms with van der Waals surface area (Å²) in [4.78, 5) is 4.12. The van der Waals surface area contributed by atoms with E-state index in [9.17, 15) is 0 Å². The quantitative estimate of drug-likeness (QED) is 0.801. The summed E-state index contributed by atoms with van der Waals surface area (Å²) in [5.74, 6) is 2.60. The fraction of sp³-hybridized carbons (Fsp3) is 0.533. The topological polar surface area (TPSA) is 24.9 Å². The number of rotatable bonds is 4. The van der Waals surface area contributed by atoms with E-state index in [0.717, 1.165) is 30.8 Å². The monoisotopic (exact) mass is 228 g/mol. The molecule has 2 aliphatic rings. The molecule has 2 nitrogen and oxygen atoms in total. The number of hydrogen-bond donors (Lipinski definition) is 1. The van der Waals surface area contributed by atoms with Gasteiger partial charge in [0.25, 0.3) is 0 Å². The average molecular weight is 228 g/mol. The van der Waals surface area contributed by atoms with E-state index in [-0.39, 0.29) is 0 Å². The molecule has 3 atom stereocenters. The lowest BCUT2D eigenvalue weighted by Crippen LogP contribution is -2.25. The molecule has 0 aromatic carbocycles. The molecular formula is C15H20N2. The minimum atomic E-state index is 0.853. The zero-order valence-corrected chi connectivity index (χ0v) is 10.4. The summed E-state index contributed by atoms with van der Waals surface area (Å²) in [6.45, 7) is 4.27. The highest BCUT2D eigenvalue weighted by Crippen LogP contribution is 2.42. The lowest BCUT2D eigenvalue weighted by molar-refractivity contribution is 0.414. The maximum absolute atomic E-state index is 4.12. The van der Waals surface area contributed by atoms with Gasteiger partial charge in [0, 0.05) is 18.9 Å². The molecule has 3 rings (SSSR count). The van der Waals surface area contributed by atoms with Crippen LogP contribution in [-0.4, -0.2) is 11.5 Å². The van der Waals surface area contributed by atoms with Crippen molar-refractivity contribution in [1.29, 1.82) is 0 Å². The van der Waals surface area contributed by atoms with Crippen LogP contribution in [0.5, 0.6) is 0 Å². The molecule has 1 aromatic heterocycles. The Morgan fingerprint density at radius 2 is 2.29 bits per heavy atom. The summed E-state index contributed by atoms with van der Waals surface area (Å²) >= 11 is 0. The number of fused-ring (bicyclic) bond motifs is 2. The van der Waals surface area contributed by atoms with Crippen molar-refractivity contribution in [2.75, 3.05) is 6.54 Å². The Labute approximate surface area is 103 Å². The van der Waals surface area contributed by atoms with Crippen molar-refractivity contribution in [3.63, 3.8) is 0 Å². The number of nitrogens with one attached hydrogen (secondary N) is 1. The summed E-state index contributed by atoms with van der Waals surface area (Å²) in [6, 6.07) is 2.11. The molecule has 1 N–H and O–H groups in total. The SMILES string of the molecule is Cc1cnccc1CNCC1CC2C=CC1C2. The van der Waals surface area contributed by atoms with Gasteiger partial charge in [-0.05, 0) is 61.3 Å². The maximum atomic E-state index is 4.12. The summed E-state index contributed by atoms with van der Waals surface area (Å²) in [5.41, 5.74) is 2.66. The molecule has 17 heavy (non-hydrogen) atoms. The number of aryl methyl sites for hydroxylation is 1. The molecule has 0 spiro atoms. The van der Waals surface area contributed by atoms with Gasteiger partial charge in [0.1, 0.15) is 0 Å². The number of allylic oxidation sites excluding steroid dienone is 2. The molecule has 2 aliphatic carbocycles. The first-order valence-electron chi connectivity index (χ1n) is 6.61. The van der Waals surface area contributed by atoms with Gasteiger partial charge >= 0.3 is 0 Å². The molecule has 3 unspecified atom stereocenters. The molecule has 2 heteroatoms. The van der Waals surface area contributed by atoms with Crippen LogP contribution in [0.2, 0.25) is 0 Å². The molecule has 2 bridgehead atoms. The second-order valence-electron chi connectivity index (χ2n) is 5.47. The first-order chi connectivity index (χ1) is 8.33. The van der Waals surface area contributed by atoms with Crippen LogP contribution in [-0.2, 0) is 6.54 Å². The molecular weight excluding hydrogens is 208 g/mol. The van der Waals surface area contributed by atoms with E-state index in [0.29, 0.717) is 0 Å². The maximum Gasteiger partial charge on any atom is 0.0300 e. The number of pyridine rings is 1. The Morgan fingerprint density at radius 1 is 1.35 bits per heavy atom. The number of hydrogen-bond acceptors (Lipinski definition) is 2. The Morgan fingerprint density at radius 3 is 3.00 bits per heavy atom. The van der Waals surface area contributed by atoms with Gasteiger partial charge in [0.15, 0.2) is 0 Å². The Kier molecular flexibility index (Phi) is 2.98. The van der Waals surface area contributed by atoms with Gasteiger partial charge in [-0.15, -0.1) is 0 Å². The average Bonchev–Trinajstić information content (AvgIpc) is 2.94. The highest BCUT2D eigenvalue weighted by atomic mass is 14.9. The van der Waals surface area contributed by atoms with E-state index < -0.39 is 0 Å². The summed E-state index contributed by atoms with van der Waals surface area (Å²) < 4.78 is 0. The third kappa shape index (κ3) is 2.27. The molecule has 1 heterocycles. The minimum Gasteiger partial charge on any atom is -0.312 e. The molecule has 0 amide bonds. The highest BCUT2D eigenvalue weighted by molar-refractivity contribution is 5.21. The molecule has 1 aromatic rings. The largest absolute Gasteiger partial charge is 0.312 e. The standard InChI is InChI=1S/C15H20N2/c1-11-8-16-5-4-14(11)9-17-10-15-7-12-2-3-13(15)6-12/h2-5,8,12-13,15,17H,6-7,9-10H2,1H3. The van der Waals surface area contributed by atoms with Crippen LogP contribution in [0.3, 0.4) is 0 Å². The van der Waals surface area contributed by atoms with Crippen LogP contribution in [0.4, 0.5) is 0 Å². The molecule has 0 radical (unpaired) electrons. The second kappa shape index (κ2) is 4.61. The van der Waals surface area contributed by atoms with Gasteiger partial charge in [-0.1, -0.05) is 12.2 Å². The zero-order valence-electron chi connectivity index (χ0n) is 10.4. The molecule has 0 saturated heterocycles. The molecule has 1 fully saturated rings. The van der Waals surface area contributed by atoms with Crippen LogP contribution < -0.4 is 5.32 Å². The predicted molar refractivity (Wildman–Crippen MR) is 69.5 cm³/mol. The van der Waals surface area contributed by atoms with Gasteiger partial charge in [-0.2, -0.15) is 0 Å². The van der Waals surface area contributed by atoms with Crippen molar-refractivity contribution in [3.05, 3.63) is 41.7 Å². The zero-order chi connectivity index (χ0) is 11.7. The van der Waals surface area contributed by atoms with E-state index in [1.807, 2.05) is 12.4 Å².